The molecule has 1 nitrogen and oxygen atoms in total. The van der Waals surface area contributed by atoms with Crippen LogP contribution in [-0.4, -0.2) is 0 Å². The highest BCUT2D eigenvalue weighted by Gasteiger charge is 2.35. The van der Waals surface area contributed by atoms with Gasteiger partial charge in [-0.2, -0.15) is 0 Å². The molecule has 0 fully saturated rings. The molecule has 3 rings (SSSR count). The Morgan fingerprint density at radius 2 is 0.962 bits per heavy atom. The standard InChI is InChI=1S/C24H26.CHN/c1-2-3-13-20-24(21-14-7-4-8-15-21,22-16-9-5-10-17-22)23-18-11-6-12-19-23;1-2/h4-12,14-19H,2-3,13,20H2,1H3;1H. The Bertz CT molecular complexity index is 664. The molecule has 0 spiro atoms. The van der Waals surface area contributed by atoms with Crippen LogP contribution in [0.2, 0.25) is 0 Å². The third-order valence-electron chi connectivity index (χ3n) is 4.96. The smallest absolute Gasteiger partial charge is 0.0462 e. The molecule has 26 heavy (non-hydrogen) atoms. The number of unbranched alkanes of at least 4 members (excludes halogenated alkanes) is 2. The maximum Gasteiger partial charge on any atom is 0.0462 e. The van der Waals surface area contributed by atoms with Gasteiger partial charge in [0.25, 0.3) is 0 Å². The third-order valence-corrected chi connectivity index (χ3v) is 4.96. The van der Waals surface area contributed by atoms with Crippen molar-refractivity contribution in [2.75, 3.05) is 0 Å². The van der Waals surface area contributed by atoms with Crippen molar-refractivity contribution in [3.8, 4) is 6.57 Å². The molecule has 0 aliphatic carbocycles. The van der Waals surface area contributed by atoms with Gasteiger partial charge in [-0.25, -0.2) is 5.26 Å². The second-order valence-electron chi connectivity index (χ2n) is 6.46. The molecule has 0 heterocycles. The lowest BCUT2D eigenvalue weighted by Crippen LogP contribution is -2.29. The molecule has 132 valence electrons. The van der Waals surface area contributed by atoms with Crippen molar-refractivity contribution < 1.29 is 0 Å². The molecule has 0 atom stereocenters. The van der Waals surface area contributed by atoms with Crippen molar-refractivity contribution in [2.45, 2.75) is 38.0 Å². The number of hydrogen-bond acceptors (Lipinski definition) is 1. The number of hydrogen-bond donors (Lipinski definition) is 0. The molecular weight excluding hydrogens is 314 g/mol. The van der Waals surface area contributed by atoms with Gasteiger partial charge in [0.05, 0.1) is 0 Å². The van der Waals surface area contributed by atoms with E-state index in [2.05, 4.69) is 104 Å². The number of rotatable bonds is 7. The number of nitrogens with zero attached hydrogens (tertiary/aromatic N) is 1. The van der Waals surface area contributed by atoms with Gasteiger partial charge in [0, 0.05) is 12.0 Å². The summed E-state index contributed by atoms with van der Waals surface area (Å²) in [6, 6.07) is 33.0. The first-order valence-electron chi connectivity index (χ1n) is 9.30. The molecule has 0 aliphatic heterocycles. The van der Waals surface area contributed by atoms with Crippen LogP contribution >= 0.6 is 0 Å². The van der Waals surface area contributed by atoms with E-state index in [0.717, 1.165) is 6.42 Å². The summed E-state index contributed by atoms with van der Waals surface area (Å²) in [5.41, 5.74) is 4.09. The summed E-state index contributed by atoms with van der Waals surface area (Å²) in [5, 5.41) is 6.50. The first-order chi connectivity index (χ1) is 12.9. The summed E-state index contributed by atoms with van der Waals surface area (Å²) in [6.07, 6.45) is 4.89. The first-order valence-corrected chi connectivity index (χ1v) is 9.30. The average Bonchev–Trinajstić information content (AvgIpc) is 2.75. The SMILES string of the molecule is C#N.CCCCCC(c1ccccc1)(c1ccccc1)c1ccccc1. The monoisotopic (exact) mass is 341 g/mol. The van der Waals surface area contributed by atoms with Crippen LogP contribution in [0.5, 0.6) is 0 Å². The lowest BCUT2D eigenvalue weighted by Gasteiger charge is -2.36. The first kappa shape index (κ1) is 19.5. The molecule has 0 saturated carbocycles. The van der Waals surface area contributed by atoms with E-state index in [-0.39, 0.29) is 5.41 Å². The van der Waals surface area contributed by atoms with E-state index in [9.17, 15) is 0 Å². The van der Waals surface area contributed by atoms with Crippen LogP contribution in [0.15, 0.2) is 91.0 Å². The second kappa shape index (κ2) is 10.2. The minimum Gasteiger partial charge on any atom is -0.202 e. The van der Waals surface area contributed by atoms with Crippen molar-refractivity contribution in [3.05, 3.63) is 108 Å². The predicted molar refractivity (Wildman–Crippen MR) is 110 cm³/mol. The molecule has 0 N–H and O–H groups in total. The van der Waals surface area contributed by atoms with Gasteiger partial charge in [0.2, 0.25) is 0 Å². The summed E-state index contributed by atoms with van der Waals surface area (Å²) in [6.45, 7) is 5.77. The molecule has 3 aromatic carbocycles. The molecule has 0 aliphatic rings. The van der Waals surface area contributed by atoms with Gasteiger partial charge in [-0.3, -0.25) is 0 Å². The van der Waals surface area contributed by atoms with Crippen LogP contribution in [0.25, 0.3) is 0 Å². The van der Waals surface area contributed by atoms with Crippen LogP contribution in [0, 0.1) is 11.8 Å². The molecule has 0 bridgehead atoms. The summed E-state index contributed by atoms with van der Waals surface area (Å²) in [5.74, 6) is 0. The van der Waals surface area contributed by atoms with E-state index < -0.39 is 0 Å². The number of benzene rings is 3. The Morgan fingerprint density at radius 3 is 1.27 bits per heavy atom. The largest absolute Gasteiger partial charge is 0.202 e. The molecule has 0 radical (unpaired) electrons. The van der Waals surface area contributed by atoms with Crippen molar-refractivity contribution in [1.82, 2.24) is 0 Å². The highest BCUT2D eigenvalue weighted by atomic mass is 14.4. The van der Waals surface area contributed by atoms with Crippen LogP contribution in [0.3, 0.4) is 0 Å². The van der Waals surface area contributed by atoms with Gasteiger partial charge in [-0.1, -0.05) is 117 Å². The Kier molecular flexibility index (Phi) is 7.65. The Morgan fingerprint density at radius 1 is 0.615 bits per heavy atom. The lowest BCUT2D eigenvalue weighted by molar-refractivity contribution is 0.515. The number of nitriles is 1. The minimum atomic E-state index is -0.0705. The van der Waals surface area contributed by atoms with Crippen molar-refractivity contribution in [1.29, 1.82) is 5.26 Å². The average molecular weight is 341 g/mol. The molecule has 0 aromatic heterocycles. The zero-order valence-corrected chi connectivity index (χ0v) is 15.5. The van der Waals surface area contributed by atoms with Gasteiger partial charge in [-0.05, 0) is 23.1 Å². The van der Waals surface area contributed by atoms with Crippen molar-refractivity contribution in [2.24, 2.45) is 0 Å². The molecule has 1 heteroatoms. The van der Waals surface area contributed by atoms with Crippen LogP contribution in [0.1, 0.15) is 49.3 Å². The Hall–Kier alpha value is -2.85. The summed E-state index contributed by atoms with van der Waals surface area (Å²) >= 11 is 0. The normalized spacial score (nSPS) is 10.6. The van der Waals surface area contributed by atoms with Crippen LogP contribution in [-0.2, 0) is 5.41 Å². The van der Waals surface area contributed by atoms with E-state index in [1.54, 1.807) is 0 Å². The van der Waals surface area contributed by atoms with Crippen molar-refractivity contribution >= 4 is 0 Å². The molecule has 0 unspecified atom stereocenters. The zero-order valence-electron chi connectivity index (χ0n) is 15.5. The van der Waals surface area contributed by atoms with Gasteiger partial charge in [0.15, 0.2) is 0 Å². The lowest BCUT2D eigenvalue weighted by atomic mass is 9.66. The van der Waals surface area contributed by atoms with E-state index in [1.165, 1.54) is 36.0 Å². The van der Waals surface area contributed by atoms with Crippen LogP contribution < -0.4 is 0 Å². The third kappa shape index (κ3) is 4.21. The summed E-state index contributed by atoms with van der Waals surface area (Å²) in [7, 11) is 0. The maximum absolute atomic E-state index is 6.50. The Balaban J connectivity index is 0.00000117. The van der Waals surface area contributed by atoms with E-state index >= 15 is 0 Å². The quantitative estimate of drug-likeness (QED) is 0.345. The maximum atomic E-state index is 6.50. The van der Waals surface area contributed by atoms with Gasteiger partial charge >= 0.3 is 0 Å². The predicted octanol–water partition coefficient (Wildman–Crippen LogP) is 6.74. The highest BCUT2D eigenvalue weighted by Crippen LogP contribution is 2.43. The zero-order chi connectivity index (χ0) is 18.7. The molecular formula is C25H27N. The van der Waals surface area contributed by atoms with Gasteiger partial charge in [0.1, 0.15) is 0 Å². The van der Waals surface area contributed by atoms with Gasteiger partial charge < -0.3 is 0 Å². The molecule has 3 aromatic rings. The molecule has 0 amide bonds. The fourth-order valence-electron chi connectivity index (χ4n) is 3.74. The Labute approximate surface area is 157 Å². The minimum absolute atomic E-state index is 0.0705. The molecule has 0 saturated heterocycles. The van der Waals surface area contributed by atoms with Crippen LogP contribution in [0.4, 0.5) is 0 Å². The topological polar surface area (TPSA) is 23.8 Å². The van der Waals surface area contributed by atoms with E-state index in [1.807, 2.05) is 0 Å². The van der Waals surface area contributed by atoms with Crippen molar-refractivity contribution in [3.63, 3.8) is 0 Å². The fraction of sp³-hybridized carbons (Fsp3) is 0.240. The highest BCUT2D eigenvalue weighted by molar-refractivity contribution is 5.50. The fourth-order valence-corrected chi connectivity index (χ4v) is 3.74. The summed E-state index contributed by atoms with van der Waals surface area (Å²) < 4.78 is 0. The van der Waals surface area contributed by atoms with E-state index in [4.69, 9.17) is 5.26 Å². The summed E-state index contributed by atoms with van der Waals surface area (Å²) in [4.78, 5) is 0. The second-order valence-corrected chi connectivity index (χ2v) is 6.46. The van der Waals surface area contributed by atoms with E-state index in [0.29, 0.717) is 0 Å². The van der Waals surface area contributed by atoms with Gasteiger partial charge in [-0.15, -0.1) is 0 Å².